The normalized spacial score (nSPS) is 14.1. The number of alkyl halides is 9. The van der Waals surface area contributed by atoms with Gasteiger partial charge in [-0.1, -0.05) is 6.58 Å². The van der Waals surface area contributed by atoms with Crippen LogP contribution in [-0.2, 0) is 14.3 Å². The van der Waals surface area contributed by atoms with Crippen LogP contribution in [0.2, 0.25) is 0 Å². The molecule has 0 atom stereocenters. The Bertz CT molecular complexity index is 398. The second-order valence-corrected chi connectivity index (χ2v) is 3.32. The van der Waals surface area contributed by atoms with Crippen LogP contribution in [0.5, 0.6) is 0 Å². The lowest BCUT2D eigenvalue weighted by Gasteiger charge is -2.29. The number of hydrogen-bond donors (Lipinski definition) is 0. The summed E-state index contributed by atoms with van der Waals surface area (Å²) < 4.78 is 114. The fraction of sp³-hybridized carbons (Fsp3) is 0.625. The Kier molecular flexibility index (Phi) is 4.77. The zero-order valence-corrected chi connectivity index (χ0v) is 9.33. The van der Waals surface area contributed by atoms with Crippen LogP contribution in [0.15, 0.2) is 12.2 Å². The molecule has 0 spiro atoms. The number of hydrogen-bond acceptors (Lipinski definition) is 3. The van der Waals surface area contributed by atoms with Crippen LogP contribution in [0.25, 0.3) is 0 Å². The summed E-state index contributed by atoms with van der Waals surface area (Å²) in [7, 11) is 0. The number of halogens is 9. The van der Waals surface area contributed by atoms with Crippen molar-refractivity contribution in [1.82, 2.24) is 0 Å². The molecule has 0 saturated heterocycles. The van der Waals surface area contributed by atoms with Crippen molar-refractivity contribution in [3.05, 3.63) is 12.2 Å². The van der Waals surface area contributed by atoms with Crippen LogP contribution < -0.4 is 0 Å². The highest BCUT2D eigenvalue weighted by Crippen LogP contribution is 2.45. The first-order valence-electron chi connectivity index (χ1n) is 4.33. The second-order valence-electron chi connectivity index (χ2n) is 3.32. The van der Waals surface area contributed by atoms with Crippen LogP contribution >= 0.6 is 0 Å². The predicted molar refractivity (Wildman–Crippen MR) is 42.9 cm³/mol. The maximum Gasteiger partial charge on any atom is 0.496 e. The van der Waals surface area contributed by atoms with Crippen LogP contribution in [0, 0.1) is 0 Å². The summed E-state index contributed by atoms with van der Waals surface area (Å²) in [4.78, 5) is 10.6. The molecule has 3 nitrogen and oxygen atoms in total. The molecule has 0 N–H and O–H groups in total. The van der Waals surface area contributed by atoms with Gasteiger partial charge in [0.2, 0.25) is 0 Å². The Morgan fingerprint density at radius 3 is 1.55 bits per heavy atom. The third-order valence-corrected chi connectivity index (χ3v) is 1.49. The molecule has 0 heterocycles. The van der Waals surface area contributed by atoms with Crippen molar-refractivity contribution >= 4 is 5.97 Å². The largest absolute Gasteiger partial charge is 0.496 e. The fourth-order valence-electron chi connectivity index (χ4n) is 0.541. The molecule has 0 unspecified atom stereocenters. The van der Waals surface area contributed by atoms with E-state index in [9.17, 15) is 44.3 Å². The van der Waals surface area contributed by atoms with E-state index < -0.39 is 36.0 Å². The second kappa shape index (κ2) is 5.14. The first kappa shape index (κ1) is 18.5. The van der Waals surface area contributed by atoms with Crippen LogP contribution in [0.3, 0.4) is 0 Å². The Labute approximate surface area is 104 Å². The molecule has 0 radical (unpaired) electrons. The van der Waals surface area contributed by atoms with E-state index in [4.69, 9.17) is 0 Å². The monoisotopic (exact) mass is 320 g/mol. The van der Waals surface area contributed by atoms with Gasteiger partial charge >= 0.3 is 30.5 Å². The molecular weight excluding hydrogens is 315 g/mol. The van der Waals surface area contributed by atoms with Gasteiger partial charge in [-0.15, -0.1) is 0 Å². The van der Waals surface area contributed by atoms with E-state index in [-0.39, 0.29) is 0 Å². The van der Waals surface area contributed by atoms with E-state index in [1.54, 1.807) is 4.74 Å². The standard InChI is InChI=1S/C8H5F9O3/c1-3(2)4(18)19-7(14,15)8(16,17)20-6(12,13)5(9,10)11/h1H2,2H3. The molecular formula is C8H5F9O3. The summed E-state index contributed by atoms with van der Waals surface area (Å²) in [6.07, 6.45) is -25.8. The third-order valence-electron chi connectivity index (χ3n) is 1.49. The van der Waals surface area contributed by atoms with Crippen molar-refractivity contribution in [2.75, 3.05) is 0 Å². The zero-order chi connectivity index (χ0) is 16.6. The van der Waals surface area contributed by atoms with E-state index in [0.29, 0.717) is 0 Å². The van der Waals surface area contributed by atoms with Gasteiger partial charge in [-0.05, 0) is 6.92 Å². The van der Waals surface area contributed by atoms with Crippen LogP contribution in [-0.4, -0.2) is 30.5 Å². The van der Waals surface area contributed by atoms with E-state index in [1.165, 1.54) is 0 Å². The predicted octanol–water partition coefficient (Wildman–Crippen LogP) is 3.46. The quantitative estimate of drug-likeness (QED) is 0.442. The average molecular weight is 320 g/mol. The number of carbonyl (C=O) groups is 1. The molecule has 20 heavy (non-hydrogen) atoms. The Hall–Kier alpha value is -1.46. The molecule has 0 aliphatic carbocycles. The maximum absolute atomic E-state index is 12.7. The smallest absolute Gasteiger partial charge is 0.391 e. The van der Waals surface area contributed by atoms with Crippen molar-refractivity contribution < 1.29 is 53.8 Å². The number of esters is 1. The third kappa shape index (κ3) is 4.02. The van der Waals surface area contributed by atoms with Gasteiger partial charge in [-0.2, -0.15) is 39.5 Å². The molecule has 0 rings (SSSR count). The highest BCUT2D eigenvalue weighted by molar-refractivity contribution is 5.87. The highest BCUT2D eigenvalue weighted by atomic mass is 19.4. The summed E-state index contributed by atoms with van der Waals surface area (Å²) >= 11 is 0. The molecule has 0 fully saturated rings. The van der Waals surface area contributed by atoms with Crippen molar-refractivity contribution in [2.45, 2.75) is 31.4 Å². The molecule has 0 aromatic heterocycles. The number of carbonyl (C=O) groups excluding carboxylic acids is 1. The minimum Gasteiger partial charge on any atom is -0.391 e. The van der Waals surface area contributed by atoms with Crippen molar-refractivity contribution in [3.63, 3.8) is 0 Å². The van der Waals surface area contributed by atoms with Crippen molar-refractivity contribution in [2.24, 2.45) is 0 Å². The van der Waals surface area contributed by atoms with Gasteiger partial charge in [0, 0.05) is 5.57 Å². The van der Waals surface area contributed by atoms with Crippen LogP contribution in [0.1, 0.15) is 6.92 Å². The number of rotatable bonds is 5. The summed E-state index contributed by atoms with van der Waals surface area (Å²) in [6, 6.07) is 0. The molecule has 0 saturated carbocycles. The molecule has 0 aliphatic heterocycles. The van der Waals surface area contributed by atoms with Crippen molar-refractivity contribution in [3.8, 4) is 0 Å². The Balaban J connectivity index is 5.22. The lowest BCUT2D eigenvalue weighted by Crippen LogP contribution is -2.53. The van der Waals surface area contributed by atoms with Gasteiger partial charge in [-0.3, -0.25) is 0 Å². The summed E-state index contributed by atoms with van der Waals surface area (Å²) in [5.74, 6) is -2.14. The summed E-state index contributed by atoms with van der Waals surface area (Å²) in [6.45, 7) is 3.45. The highest BCUT2D eigenvalue weighted by Gasteiger charge is 2.72. The first-order chi connectivity index (χ1) is 8.53. The minimum absolute atomic E-state index is 0.738. The van der Waals surface area contributed by atoms with E-state index in [2.05, 4.69) is 11.3 Å². The summed E-state index contributed by atoms with van der Waals surface area (Å²) in [5, 5.41) is 0. The van der Waals surface area contributed by atoms with Gasteiger partial charge in [0.1, 0.15) is 0 Å². The van der Waals surface area contributed by atoms with Gasteiger partial charge in [0.25, 0.3) is 0 Å². The average Bonchev–Trinajstić information content (AvgIpc) is 2.12. The van der Waals surface area contributed by atoms with Gasteiger partial charge < -0.3 is 4.74 Å². The van der Waals surface area contributed by atoms with Gasteiger partial charge in [0.05, 0.1) is 0 Å². The van der Waals surface area contributed by atoms with E-state index in [0.717, 1.165) is 6.92 Å². The first-order valence-corrected chi connectivity index (χ1v) is 4.33. The lowest BCUT2D eigenvalue weighted by atomic mass is 10.4. The van der Waals surface area contributed by atoms with Crippen LogP contribution in [0.4, 0.5) is 39.5 Å². The minimum atomic E-state index is -6.68. The topological polar surface area (TPSA) is 35.5 Å². The van der Waals surface area contributed by atoms with Gasteiger partial charge in [0.15, 0.2) is 0 Å². The summed E-state index contributed by atoms with van der Waals surface area (Å²) in [5.41, 5.74) is -0.831. The lowest BCUT2D eigenvalue weighted by molar-refractivity contribution is -0.510. The van der Waals surface area contributed by atoms with Gasteiger partial charge in [-0.25, -0.2) is 9.53 Å². The fourth-order valence-corrected chi connectivity index (χ4v) is 0.541. The zero-order valence-electron chi connectivity index (χ0n) is 9.33. The molecule has 0 aliphatic rings. The molecule has 0 bridgehead atoms. The number of ether oxygens (including phenoxy) is 2. The SMILES string of the molecule is C=C(C)C(=O)OC(F)(F)C(F)(F)OC(F)(F)C(F)(F)F. The Morgan fingerprint density at radius 1 is 0.850 bits per heavy atom. The van der Waals surface area contributed by atoms with E-state index in [1.807, 2.05) is 0 Å². The van der Waals surface area contributed by atoms with E-state index >= 15 is 0 Å². The molecule has 0 aromatic carbocycles. The molecule has 0 amide bonds. The van der Waals surface area contributed by atoms with Crippen molar-refractivity contribution in [1.29, 1.82) is 0 Å². The molecule has 118 valence electrons. The maximum atomic E-state index is 12.7. The molecule has 12 heteroatoms. The molecule has 0 aromatic rings. The Morgan fingerprint density at radius 2 is 1.25 bits per heavy atom.